The van der Waals surface area contributed by atoms with Gasteiger partial charge in [0.1, 0.15) is 4.90 Å². The third-order valence-corrected chi connectivity index (χ3v) is 7.49. The van der Waals surface area contributed by atoms with E-state index < -0.39 is 10.0 Å². The van der Waals surface area contributed by atoms with Crippen molar-refractivity contribution in [1.29, 1.82) is 0 Å². The average Bonchev–Trinajstić information content (AvgIpc) is 3.32. The quantitative estimate of drug-likeness (QED) is 0.400. The molecule has 0 spiro atoms. The van der Waals surface area contributed by atoms with Gasteiger partial charge in [-0.05, 0) is 32.4 Å². The zero-order chi connectivity index (χ0) is 23.0. The first-order valence-corrected chi connectivity index (χ1v) is 12.3. The van der Waals surface area contributed by atoms with Crippen molar-refractivity contribution in [2.45, 2.75) is 32.1 Å². The number of sulfonamides is 1. The number of carbonyl (C=O) groups excluding carboxylic acids is 1. The van der Waals surface area contributed by atoms with Crippen LogP contribution in [0.5, 0.6) is 0 Å². The molecular weight excluding hydrogens is 444 g/mol. The number of thiophene rings is 1. The molecule has 164 valence electrons. The van der Waals surface area contributed by atoms with E-state index in [2.05, 4.69) is 5.16 Å². The number of aromatic nitrogens is 1. The second kappa shape index (κ2) is 8.46. The summed E-state index contributed by atoms with van der Waals surface area (Å²) in [6, 6.07) is 14.9. The minimum Gasteiger partial charge on any atom is -0.356 e. The van der Waals surface area contributed by atoms with Gasteiger partial charge in [0.25, 0.3) is 0 Å². The molecule has 2 heterocycles. The molecule has 0 saturated heterocycles. The Morgan fingerprint density at radius 3 is 2.41 bits per heavy atom. The van der Waals surface area contributed by atoms with Gasteiger partial charge in [-0.3, -0.25) is 4.79 Å². The lowest BCUT2D eigenvalue weighted by Gasteiger charge is -2.11. The summed E-state index contributed by atoms with van der Waals surface area (Å²) in [5, 5.41) is 11.3. The largest absolute Gasteiger partial charge is 0.356 e. The van der Waals surface area contributed by atoms with Gasteiger partial charge < -0.3 is 4.52 Å². The van der Waals surface area contributed by atoms with E-state index in [9.17, 15) is 13.2 Å². The van der Waals surface area contributed by atoms with Crippen molar-refractivity contribution in [3.63, 3.8) is 0 Å². The Morgan fingerprint density at radius 2 is 1.78 bits per heavy atom. The maximum absolute atomic E-state index is 13.3. The molecule has 32 heavy (non-hydrogen) atoms. The molecule has 0 amide bonds. The summed E-state index contributed by atoms with van der Waals surface area (Å²) in [6.07, 6.45) is 0.209. The summed E-state index contributed by atoms with van der Waals surface area (Å²) >= 11 is 1.21. The number of nitrogens with two attached hydrogens (primary N) is 1. The number of rotatable bonds is 6. The summed E-state index contributed by atoms with van der Waals surface area (Å²) in [5.41, 5.74) is 4.54. The van der Waals surface area contributed by atoms with E-state index in [0.29, 0.717) is 33.0 Å². The smallest absolute Gasteiger partial charge is 0.240 e. The summed E-state index contributed by atoms with van der Waals surface area (Å²) in [4.78, 5) is 13.6. The minimum absolute atomic E-state index is 0.0561. The zero-order valence-corrected chi connectivity index (χ0v) is 19.5. The van der Waals surface area contributed by atoms with Crippen molar-refractivity contribution < 1.29 is 17.7 Å². The predicted molar refractivity (Wildman–Crippen MR) is 125 cm³/mol. The van der Waals surface area contributed by atoms with Crippen LogP contribution in [0.1, 0.15) is 32.7 Å². The van der Waals surface area contributed by atoms with Gasteiger partial charge in [0.15, 0.2) is 11.5 Å². The van der Waals surface area contributed by atoms with Crippen molar-refractivity contribution in [2.75, 3.05) is 0 Å². The van der Waals surface area contributed by atoms with Crippen LogP contribution in [0, 0.1) is 20.8 Å². The molecule has 0 aliphatic heterocycles. The summed E-state index contributed by atoms with van der Waals surface area (Å²) < 4.78 is 30.8. The van der Waals surface area contributed by atoms with Gasteiger partial charge in [0, 0.05) is 28.5 Å². The SMILES string of the molecule is Cc1ccc(-c2scc(-c3onc(C)c3C)c2S(N)(=O)=O)c(C(=O)Cc2ccccc2)c1. The fraction of sp³-hybridized carbons (Fsp3) is 0.167. The maximum Gasteiger partial charge on any atom is 0.240 e. The summed E-state index contributed by atoms with van der Waals surface area (Å²) in [7, 11) is -4.12. The van der Waals surface area contributed by atoms with Crippen LogP contribution in [-0.2, 0) is 16.4 Å². The highest BCUT2D eigenvalue weighted by molar-refractivity contribution is 7.89. The third-order valence-electron chi connectivity index (χ3n) is 5.36. The fourth-order valence-corrected chi connectivity index (χ4v) is 5.98. The predicted octanol–water partition coefficient (Wildman–Crippen LogP) is 5.07. The molecule has 0 radical (unpaired) electrons. The lowest BCUT2D eigenvalue weighted by molar-refractivity contribution is 0.0993. The molecule has 0 atom stereocenters. The van der Waals surface area contributed by atoms with E-state index in [4.69, 9.17) is 9.66 Å². The summed E-state index contributed by atoms with van der Waals surface area (Å²) in [5.74, 6) is 0.259. The van der Waals surface area contributed by atoms with Crippen molar-refractivity contribution in [1.82, 2.24) is 5.16 Å². The lowest BCUT2D eigenvalue weighted by atomic mass is 9.95. The Labute approximate surface area is 190 Å². The Kier molecular flexibility index (Phi) is 5.85. The second-order valence-corrected chi connectivity index (χ2v) is 10.1. The Bertz CT molecular complexity index is 1420. The number of nitrogens with zero attached hydrogens (tertiary/aromatic N) is 1. The first kappa shape index (κ1) is 22.1. The van der Waals surface area contributed by atoms with E-state index in [1.54, 1.807) is 24.4 Å². The molecule has 0 fully saturated rings. The molecule has 0 saturated carbocycles. The number of Topliss-reactive ketones (excluding diaryl/α,β-unsaturated/α-hetero) is 1. The van der Waals surface area contributed by atoms with Gasteiger partial charge >= 0.3 is 0 Å². The molecule has 0 unspecified atom stereocenters. The molecule has 6 nitrogen and oxygen atoms in total. The van der Waals surface area contributed by atoms with Gasteiger partial charge in [-0.1, -0.05) is 53.2 Å². The Morgan fingerprint density at radius 1 is 1.06 bits per heavy atom. The van der Waals surface area contributed by atoms with Crippen LogP contribution < -0.4 is 5.14 Å². The Balaban J connectivity index is 1.89. The number of primary sulfonamides is 1. The number of hydrogen-bond donors (Lipinski definition) is 1. The highest BCUT2D eigenvalue weighted by Gasteiger charge is 2.29. The number of carbonyl (C=O) groups is 1. The van der Waals surface area contributed by atoms with Gasteiger partial charge in [0.2, 0.25) is 10.0 Å². The zero-order valence-electron chi connectivity index (χ0n) is 17.9. The molecule has 2 aromatic heterocycles. The van der Waals surface area contributed by atoms with Gasteiger partial charge in [-0.25, -0.2) is 13.6 Å². The van der Waals surface area contributed by atoms with Crippen LogP contribution in [0.2, 0.25) is 0 Å². The number of benzene rings is 2. The van der Waals surface area contributed by atoms with Crippen molar-refractivity contribution in [3.8, 4) is 21.8 Å². The van der Waals surface area contributed by atoms with E-state index in [1.165, 1.54) is 11.3 Å². The second-order valence-electron chi connectivity index (χ2n) is 7.71. The molecule has 8 heteroatoms. The van der Waals surface area contributed by atoms with Crippen molar-refractivity contribution >= 4 is 27.1 Å². The normalized spacial score (nSPS) is 11.6. The fourth-order valence-electron chi connectivity index (χ4n) is 3.60. The Hall–Kier alpha value is -3.07. The molecular formula is C24H22N2O4S2. The molecule has 4 aromatic rings. The van der Waals surface area contributed by atoms with Crippen LogP contribution in [-0.4, -0.2) is 19.4 Å². The van der Waals surface area contributed by atoms with E-state index in [1.807, 2.05) is 50.2 Å². The minimum atomic E-state index is -4.12. The molecule has 0 bridgehead atoms. The molecule has 2 aromatic carbocycles. The van der Waals surface area contributed by atoms with Crippen LogP contribution in [0.25, 0.3) is 21.8 Å². The average molecular weight is 467 g/mol. The van der Waals surface area contributed by atoms with Gasteiger partial charge in [-0.2, -0.15) is 0 Å². The maximum atomic E-state index is 13.3. The van der Waals surface area contributed by atoms with Crippen LogP contribution in [0.3, 0.4) is 0 Å². The van der Waals surface area contributed by atoms with E-state index in [0.717, 1.165) is 16.7 Å². The van der Waals surface area contributed by atoms with Crippen LogP contribution >= 0.6 is 11.3 Å². The first-order chi connectivity index (χ1) is 15.2. The van der Waals surface area contributed by atoms with E-state index >= 15 is 0 Å². The van der Waals surface area contributed by atoms with Crippen molar-refractivity contribution in [2.24, 2.45) is 5.14 Å². The topological polar surface area (TPSA) is 103 Å². The molecule has 0 aliphatic rings. The van der Waals surface area contributed by atoms with Gasteiger partial charge in [0.05, 0.1) is 16.1 Å². The molecule has 2 N–H and O–H groups in total. The molecule has 0 aliphatic carbocycles. The summed E-state index contributed by atoms with van der Waals surface area (Å²) in [6.45, 7) is 5.49. The number of hydrogen-bond acceptors (Lipinski definition) is 6. The van der Waals surface area contributed by atoms with Crippen LogP contribution in [0.4, 0.5) is 0 Å². The number of aryl methyl sites for hydroxylation is 2. The molecule has 4 rings (SSSR count). The number of ketones is 1. The highest BCUT2D eigenvalue weighted by atomic mass is 32.2. The van der Waals surface area contributed by atoms with E-state index in [-0.39, 0.29) is 17.1 Å². The van der Waals surface area contributed by atoms with Gasteiger partial charge in [-0.15, -0.1) is 11.3 Å². The standard InChI is InChI=1S/C24H22N2O4S2/c1-14-9-10-18(19(11-14)21(27)12-17-7-5-4-6-8-17)23-24(32(25,28)29)20(13-31-23)22-15(2)16(3)26-30-22/h4-11,13H,12H2,1-3H3,(H2,25,28,29). The monoisotopic (exact) mass is 466 g/mol. The first-order valence-electron chi connectivity index (χ1n) is 9.92. The third kappa shape index (κ3) is 4.17. The van der Waals surface area contributed by atoms with Crippen LogP contribution in [0.15, 0.2) is 63.3 Å². The van der Waals surface area contributed by atoms with Crippen molar-refractivity contribution in [3.05, 3.63) is 81.9 Å². The lowest BCUT2D eigenvalue weighted by Crippen LogP contribution is -2.14. The highest BCUT2D eigenvalue weighted by Crippen LogP contribution is 2.43.